The zero-order valence-electron chi connectivity index (χ0n) is 15.2. The van der Waals surface area contributed by atoms with Gasteiger partial charge in [-0.1, -0.05) is 23.2 Å². The van der Waals surface area contributed by atoms with E-state index in [0.717, 1.165) is 5.56 Å². The summed E-state index contributed by atoms with van der Waals surface area (Å²) in [6.07, 6.45) is 1.54. The van der Waals surface area contributed by atoms with Crippen LogP contribution < -0.4 is 15.5 Å². The Balaban J connectivity index is 1.53. The Kier molecular flexibility index (Phi) is 7.35. The number of hydrogen-bond acceptors (Lipinski definition) is 4. The summed E-state index contributed by atoms with van der Waals surface area (Å²) >= 11 is 17.0. The first-order valence-electron chi connectivity index (χ1n) is 8.53. The summed E-state index contributed by atoms with van der Waals surface area (Å²) in [6.45, 7) is 0. The highest BCUT2D eigenvalue weighted by Gasteiger charge is 2.13. The normalized spacial score (nSPS) is 10.6. The lowest BCUT2D eigenvalue weighted by molar-refractivity contribution is 0.0735. The number of nitrogens with zero attached hydrogens (tertiary/aromatic N) is 1. The van der Waals surface area contributed by atoms with Crippen LogP contribution in [0, 0.1) is 5.82 Å². The molecule has 3 rings (SSSR count). The summed E-state index contributed by atoms with van der Waals surface area (Å²) in [7, 11) is 0. The molecule has 0 aliphatic rings. The van der Waals surface area contributed by atoms with Gasteiger partial charge in [0.25, 0.3) is 0 Å². The van der Waals surface area contributed by atoms with Crippen molar-refractivity contribution in [3.8, 4) is 5.75 Å². The molecule has 0 radical (unpaired) electrons. The lowest BCUT2D eigenvalue weighted by Gasteiger charge is -2.07. The van der Waals surface area contributed by atoms with Gasteiger partial charge in [-0.3, -0.25) is 5.43 Å². The van der Waals surface area contributed by atoms with Gasteiger partial charge in [0.15, 0.2) is 5.11 Å². The summed E-state index contributed by atoms with van der Waals surface area (Å²) in [6, 6.07) is 17.0. The van der Waals surface area contributed by atoms with Gasteiger partial charge < -0.3 is 10.1 Å². The van der Waals surface area contributed by atoms with Crippen molar-refractivity contribution in [1.29, 1.82) is 0 Å². The second kappa shape index (κ2) is 10.2. The first kappa shape index (κ1) is 21.7. The van der Waals surface area contributed by atoms with Gasteiger partial charge in [0.05, 0.1) is 16.8 Å². The minimum atomic E-state index is -0.586. The smallest absolute Gasteiger partial charge is 0.345 e. The van der Waals surface area contributed by atoms with E-state index in [1.54, 1.807) is 48.7 Å². The summed E-state index contributed by atoms with van der Waals surface area (Å²) in [5.41, 5.74) is 4.26. The van der Waals surface area contributed by atoms with E-state index in [9.17, 15) is 9.18 Å². The second-order valence-corrected chi connectivity index (χ2v) is 7.17. The van der Waals surface area contributed by atoms with E-state index in [1.165, 1.54) is 24.3 Å². The van der Waals surface area contributed by atoms with Gasteiger partial charge in [0.1, 0.15) is 11.6 Å². The highest BCUT2D eigenvalue weighted by molar-refractivity contribution is 7.80. The number of esters is 1. The highest BCUT2D eigenvalue weighted by atomic mass is 35.5. The van der Waals surface area contributed by atoms with Crippen molar-refractivity contribution in [2.24, 2.45) is 5.10 Å². The molecule has 0 saturated carbocycles. The third-order valence-electron chi connectivity index (χ3n) is 3.72. The van der Waals surface area contributed by atoms with Gasteiger partial charge in [0, 0.05) is 10.7 Å². The van der Waals surface area contributed by atoms with E-state index in [2.05, 4.69) is 15.8 Å². The number of thiocarbonyl (C=S) groups is 1. The summed E-state index contributed by atoms with van der Waals surface area (Å²) < 4.78 is 18.2. The van der Waals surface area contributed by atoms with Gasteiger partial charge >= 0.3 is 5.97 Å². The van der Waals surface area contributed by atoms with Crippen LogP contribution in [0.15, 0.2) is 71.8 Å². The predicted molar refractivity (Wildman–Crippen MR) is 121 cm³/mol. The van der Waals surface area contributed by atoms with Crippen LogP contribution in [0.5, 0.6) is 5.75 Å². The maximum absolute atomic E-state index is 12.9. The van der Waals surface area contributed by atoms with Crippen LogP contribution in [0.3, 0.4) is 0 Å². The highest BCUT2D eigenvalue weighted by Crippen LogP contribution is 2.23. The molecule has 0 bridgehead atoms. The summed E-state index contributed by atoms with van der Waals surface area (Å²) in [5.74, 6) is -0.565. The molecule has 152 valence electrons. The molecule has 0 heterocycles. The van der Waals surface area contributed by atoms with Crippen molar-refractivity contribution in [3.63, 3.8) is 0 Å². The van der Waals surface area contributed by atoms with E-state index < -0.39 is 5.97 Å². The number of benzene rings is 3. The lowest BCUT2D eigenvalue weighted by Crippen LogP contribution is -2.23. The number of carbonyl (C=O) groups excluding carboxylic acids is 1. The molecule has 0 aromatic heterocycles. The Morgan fingerprint density at radius 1 is 1.03 bits per heavy atom. The van der Waals surface area contributed by atoms with Gasteiger partial charge in [-0.25, -0.2) is 9.18 Å². The van der Waals surface area contributed by atoms with Crippen LogP contribution in [0.1, 0.15) is 15.9 Å². The zero-order valence-corrected chi connectivity index (χ0v) is 17.6. The largest absolute Gasteiger partial charge is 0.423 e. The Hall–Kier alpha value is -3.00. The molecule has 0 unspecified atom stereocenters. The van der Waals surface area contributed by atoms with Gasteiger partial charge in [-0.05, 0) is 84.5 Å². The van der Waals surface area contributed by atoms with Gasteiger partial charge in [-0.15, -0.1) is 0 Å². The Morgan fingerprint density at radius 2 is 1.73 bits per heavy atom. The number of rotatable bonds is 5. The van der Waals surface area contributed by atoms with Gasteiger partial charge in [0.2, 0.25) is 0 Å². The van der Waals surface area contributed by atoms with Crippen LogP contribution in [-0.4, -0.2) is 17.3 Å². The predicted octanol–water partition coefficient (Wildman–Crippen LogP) is 5.67. The zero-order chi connectivity index (χ0) is 21.5. The molecule has 0 saturated heterocycles. The Morgan fingerprint density at radius 3 is 2.40 bits per heavy atom. The van der Waals surface area contributed by atoms with Crippen LogP contribution in [-0.2, 0) is 0 Å². The molecule has 3 aromatic rings. The van der Waals surface area contributed by atoms with Crippen LogP contribution in [0.2, 0.25) is 10.0 Å². The SMILES string of the molecule is O=C(Oc1ccc(C=NNC(=S)Nc2ccc(F)cc2)cc1)c1ccc(Cl)cc1Cl. The molecular weight excluding hydrogens is 448 g/mol. The fourth-order valence-electron chi connectivity index (χ4n) is 2.30. The molecule has 0 amide bonds. The van der Waals surface area contributed by atoms with E-state index in [4.69, 9.17) is 40.2 Å². The number of hydrazone groups is 1. The maximum atomic E-state index is 12.9. The summed E-state index contributed by atoms with van der Waals surface area (Å²) in [5, 5.41) is 7.80. The van der Waals surface area contributed by atoms with E-state index in [0.29, 0.717) is 16.5 Å². The van der Waals surface area contributed by atoms with Gasteiger partial charge in [-0.2, -0.15) is 5.10 Å². The number of anilines is 1. The Labute approximate surface area is 187 Å². The molecule has 0 aliphatic heterocycles. The molecule has 5 nitrogen and oxygen atoms in total. The number of halogens is 3. The molecular formula is C21H14Cl2FN3O2S. The monoisotopic (exact) mass is 461 g/mol. The van der Waals surface area contributed by atoms with Crippen LogP contribution in [0.4, 0.5) is 10.1 Å². The average Bonchev–Trinajstić information content (AvgIpc) is 2.71. The minimum absolute atomic E-state index is 0.215. The first-order chi connectivity index (χ1) is 14.4. The Bertz CT molecular complexity index is 1090. The van der Waals surface area contributed by atoms with E-state index in [1.807, 2.05) is 0 Å². The topological polar surface area (TPSA) is 62.7 Å². The lowest BCUT2D eigenvalue weighted by atomic mass is 10.2. The molecule has 0 atom stereocenters. The fraction of sp³-hybridized carbons (Fsp3) is 0. The van der Waals surface area contributed by atoms with Crippen LogP contribution in [0.25, 0.3) is 0 Å². The molecule has 3 aromatic carbocycles. The molecule has 30 heavy (non-hydrogen) atoms. The van der Waals surface area contributed by atoms with Crippen molar-refractivity contribution < 1.29 is 13.9 Å². The quantitative estimate of drug-likeness (QED) is 0.168. The fourth-order valence-corrected chi connectivity index (χ4v) is 2.95. The third-order valence-corrected chi connectivity index (χ3v) is 4.46. The first-order valence-corrected chi connectivity index (χ1v) is 9.70. The minimum Gasteiger partial charge on any atom is -0.423 e. The van der Waals surface area contributed by atoms with E-state index >= 15 is 0 Å². The maximum Gasteiger partial charge on any atom is 0.345 e. The molecule has 0 fully saturated rings. The van der Waals surface area contributed by atoms with Crippen molar-refractivity contribution in [3.05, 3.63) is 93.7 Å². The molecule has 9 heteroatoms. The number of hydrogen-bond donors (Lipinski definition) is 2. The molecule has 2 N–H and O–H groups in total. The summed E-state index contributed by atoms with van der Waals surface area (Å²) in [4.78, 5) is 12.2. The molecule has 0 aliphatic carbocycles. The standard InChI is InChI=1S/C21H14Cl2FN3O2S/c22-14-3-10-18(19(23)11-14)20(28)29-17-8-1-13(2-9-17)12-25-27-21(30)26-16-6-4-15(24)5-7-16/h1-12H,(H2,26,27,30). The average molecular weight is 462 g/mol. The van der Waals surface area contributed by atoms with Crippen molar-refractivity contribution in [2.75, 3.05) is 5.32 Å². The molecule has 0 spiro atoms. The number of carbonyl (C=O) groups is 1. The van der Waals surface area contributed by atoms with Crippen molar-refractivity contribution >= 4 is 58.4 Å². The number of ether oxygens (including phenoxy) is 1. The second-order valence-electron chi connectivity index (χ2n) is 5.91. The third kappa shape index (κ3) is 6.25. The van der Waals surface area contributed by atoms with Crippen molar-refractivity contribution in [1.82, 2.24) is 5.43 Å². The van der Waals surface area contributed by atoms with Crippen molar-refractivity contribution in [2.45, 2.75) is 0 Å². The number of nitrogens with one attached hydrogen (secondary N) is 2. The van der Waals surface area contributed by atoms with Crippen LogP contribution >= 0.6 is 35.4 Å². The van der Waals surface area contributed by atoms with E-state index in [-0.39, 0.29) is 21.5 Å².